The summed E-state index contributed by atoms with van der Waals surface area (Å²) in [7, 11) is 0. The van der Waals surface area contributed by atoms with Crippen LogP contribution in [0.5, 0.6) is 0 Å². The summed E-state index contributed by atoms with van der Waals surface area (Å²) in [5, 5.41) is 4.01. The Hall–Kier alpha value is -3.08. The van der Waals surface area contributed by atoms with Crippen molar-refractivity contribution < 1.29 is 14.0 Å². The van der Waals surface area contributed by atoms with Crippen LogP contribution in [0.4, 0.5) is 0 Å². The SMILES string of the molecule is Cc1ccc(C(=O)NCC2CCN(C(=O)c3cc4ccccc4o3)CC2)c(C)c1. The minimum atomic E-state index is -0.0565. The normalized spacial score (nSPS) is 14.9. The van der Waals surface area contributed by atoms with Gasteiger partial charge in [0.25, 0.3) is 11.8 Å². The summed E-state index contributed by atoms with van der Waals surface area (Å²) in [5.74, 6) is 0.694. The second-order valence-corrected chi connectivity index (χ2v) is 7.91. The molecule has 1 aliphatic heterocycles. The Morgan fingerprint density at radius 1 is 1.07 bits per heavy atom. The standard InChI is InChI=1S/C24H26N2O3/c1-16-7-8-20(17(2)13-16)23(27)25-15-18-9-11-26(12-10-18)24(28)22-14-19-5-3-4-6-21(19)29-22/h3-8,13-14,18H,9-12,15H2,1-2H3,(H,25,27). The number of furan rings is 1. The molecule has 0 atom stereocenters. The maximum absolute atomic E-state index is 12.8. The first-order chi connectivity index (χ1) is 14.0. The van der Waals surface area contributed by atoms with Crippen LogP contribution >= 0.6 is 0 Å². The van der Waals surface area contributed by atoms with E-state index >= 15 is 0 Å². The minimum Gasteiger partial charge on any atom is -0.451 e. The van der Waals surface area contributed by atoms with Gasteiger partial charge in [-0.3, -0.25) is 9.59 Å². The first kappa shape index (κ1) is 19.2. The number of nitrogens with one attached hydrogen (secondary N) is 1. The van der Waals surface area contributed by atoms with E-state index < -0.39 is 0 Å². The molecular weight excluding hydrogens is 364 g/mol. The van der Waals surface area contributed by atoms with Gasteiger partial charge in [0.05, 0.1) is 0 Å². The zero-order chi connectivity index (χ0) is 20.4. The number of aryl methyl sites for hydroxylation is 2. The minimum absolute atomic E-state index is 0.0247. The highest BCUT2D eigenvalue weighted by molar-refractivity contribution is 5.96. The number of likely N-dealkylation sites (tertiary alicyclic amines) is 1. The van der Waals surface area contributed by atoms with Crippen LogP contribution in [0.2, 0.25) is 0 Å². The van der Waals surface area contributed by atoms with Gasteiger partial charge in [-0.1, -0.05) is 35.9 Å². The average Bonchev–Trinajstić information content (AvgIpc) is 3.16. The molecule has 1 fully saturated rings. The highest BCUT2D eigenvalue weighted by Crippen LogP contribution is 2.23. The van der Waals surface area contributed by atoms with Crippen molar-refractivity contribution >= 4 is 22.8 Å². The number of piperidine rings is 1. The number of carbonyl (C=O) groups excluding carboxylic acids is 2. The molecule has 0 bridgehead atoms. The molecule has 0 aliphatic carbocycles. The van der Waals surface area contributed by atoms with E-state index in [0.29, 0.717) is 31.3 Å². The van der Waals surface area contributed by atoms with Crippen LogP contribution in [0.15, 0.2) is 52.9 Å². The number of para-hydroxylation sites is 1. The van der Waals surface area contributed by atoms with Gasteiger partial charge in [0.1, 0.15) is 5.58 Å². The summed E-state index contributed by atoms with van der Waals surface area (Å²) in [4.78, 5) is 27.1. The van der Waals surface area contributed by atoms with E-state index in [2.05, 4.69) is 5.32 Å². The van der Waals surface area contributed by atoms with E-state index in [1.54, 1.807) is 0 Å². The van der Waals surface area contributed by atoms with E-state index in [4.69, 9.17) is 4.42 Å². The van der Waals surface area contributed by atoms with Crippen LogP contribution in [0, 0.1) is 19.8 Å². The van der Waals surface area contributed by atoms with Crippen molar-refractivity contribution in [1.29, 1.82) is 0 Å². The Labute approximate surface area is 170 Å². The predicted molar refractivity (Wildman–Crippen MR) is 113 cm³/mol. The van der Waals surface area contributed by atoms with Crippen molar-refractivity contribution in [3.63, 3.8) is 0 Å². The van der Waals surface area contributed by atoms with Gasteiger partial charge in [0.15, 0.2) is 5.76 Å². The molecule has 1 saturated heterocycles. The molecule has 3 aromatic rings. The van der Waals surface area contributed by atoms with Crippen molar-refractivity contribution in [3.8, 4) is 0 Å². The Balaban J connectivity index is 1.30. The summed E-state index contributed by atoms with van der Waals surface area (Å²) in [5.41, 5.74) is 3.61. The van der Waals surface area contributed by atoms with Gasteiger partial charge in [0, 0.05) is 30.6 Å². The first-order valence-electron chi connectivity index (χ1n) is 10.1. The molecule has 2 heterocycles. The zero-order valence-corrected chi connectivity index (χ0v) is 16.9. The van der Waals surface area contributed by atoms with Gasteiger partial charge in [-0.05, 0) is 56.4 Å². The van der Waals surface area contributed by atoms with Gasteiger partial charge in [-0.15, -0.1) is 0 Å². The lowest BCUT2D eigenvalue weighted by molar-refractivity contribution is 0.0655. The third-order valence-corrected chi connectivity index (χ3v) is 5.72. The van der Waals surface area contributed by atoms with E-state index in [1.165, 1.54) is 0 Å². The third-order valence-electron chi connectivity index (χ3n) is 5.72. The topological polar surface area (TPSA) is 62.6 Å². The number of nitrogens with zero attached hydrogens (tertiary/aromatic N) is 1. The summed E-state index contributed by atoms with van der Waals surface area (Å²) in [6.07, 6.45) is 1.75. The van der Waals surface area contributed by atoms with Crippen molar-refractivity contribution in [2.24, 2.45) is 5.92 Å². The summed E-state index contributed by atoms with van der Waals surface area (Å²) < 4.78 is 5.71. The fraction of sp³-hybridized carbons (Fsp3) is 0.333. The molecule has 5 nitrogen and oxygen atoms in total. The zero-order valence-electron chi connectivity index (χ0n) is 16.9. The molecule has 0 unspecified atom stereocenters. The number of benzene rings is 2. The number of rotatable bonds is 4. The average molecular weight is 390 g/mol. The van der Waals surface area contributed by atoms with Crippen molar-refractivity contribution in [3.05, 3.63) is 71.0 Å². The third kappa shape index (κ3) is 4.19. The van der Waals surface area contributed by atoms with Crippen LogP contribution in [0.1, 0.15) is 44.9 Å². The van der Waals surface area contributed by atoms with Crippen LogP contribution in [-0.4, -0.2) is 36.3 Å². The number of hydrogen-bond acceptors (Lipinski definition) is 3. The Morgan fingerprint density at radius 2 is 1.83 bits per heavy atom. The lowest BCUT2D eigenvalue weighted by Crippen LogP contribution is -2.41. The predicted octanol–water partition coefficient (Wildman–Crippen LogP) is 4.33. The molecule has 29 heavy (non-hydrogen) atoms. The number of carbonyl (C=O) groups is 2. The van der Waals surface area contributed by atoms with Crippen LogP contribution in [-0.2, 0) is 0 Å². The summed E-state index contributed by atoms with van der Waals surface area (Å²) in [6.45, 7) is 5.98. The van der Waals surface area contributed by atoms with E-state index in [9.17, 15) is 9.59 Å². The molecule has 1 aliphatic rings. The highest BCUT2D eigenvalue weighted by Gasteiger charge is 2.26. The molecule has 150 valence electrons. The second kappa shape index (κ2) is 8.11. The smallest absolute Gasteiger partial charge is 0.289 e. The molecule has 4 rings (SSSR count). The molecule has 0 saturated carbocycles. The maximum atomic E-state index is 12.8. The van der Waals surface area contributed by atoms with Crippen molar-refractivity contribution in [2.45, 2.75) is 26.7 Å². The van der Waals surface area contributed by atoms with Crippen molar-refractivity contribution in [2.75, 3.05) is 19.6 Å². The fourth-order valence-electron chi connectivity index (χ4n) is 3.98. The largest absolute Gasteiger partial charge is 0.451 e. The molecule has 2 amide bonds. The number of hydrogen-bond donors (Lipinski definition) is 1. The fourth-order valence-corrected chi connectivity index (χ4v) is 3.98. The molecule has 1 aromatic heterocycles. The summed E-state index contributed by atoms with van der Waals surface area (Å²) >= 11 is 0. The molecule has 2 aromatic carbocycles. The maximum Gasteiger partial charge on any atom is 0.289 e. The van der Waals surface area contributed by atoms with Gasteiger partial charge >= 0.3 is 0 Å². The van der Waals surface area contributed by atoms with Gasteiger partial charge in [0.2, 0.25) is 0 Å². The quantitative estimate of drug-likeness (QED) is 0.721. The molecule has 1 N–H and O–H groups in total. The van der Waals surface area contributed by atoms with E-state index in [0.717, 1.165) is 40.5 Å². The van der Waals surface area contributed by atoms with Crippen LogP contribution < -0.4 is 5.32 Å². The molecule has 0 radical (unpaired) electrons. The highest BCUT2D eigenvalue weighted by atomic mass is 16.3. The van der Waals surface area contributed by atoms with Gasteiger partial charge in [-0.2, -0.15) is 0 Å². The van der Waals surface area contributed by atoms with E-state index in [1.807, 2.05) is 67.3 Å². The first-order valence-corrected chi connectivity index (χ1v) is 10.1. The number of fused-ring (bicyclic) bond motifs is 1. The van der Waals surface area contributed by atoms with Gasteiger partial charge < -0.3 is 14.6 Å². The summed E-state index contributed by atoms with van der Waals surface area (Å²) in [6, 6.07) is 15.3. The van der Waals surface area contributed by atoms with Crippen LogP contribution in [0.3, 0.4) is 0 Å². The van der Waals surface area contributed by atoms with Crippen molar-refractivity contribution in [1.82, 2.24) is 10.2 Å². The molecule has 0 spiro atoms. The number of amides is 2. The second-order valence-electron chi connectivity index (χ2n) is 7.91. The van der Waals surface area contributed by atoms with Gasteiger partial charge in [-0.25, -0.2) is 0 Å². The monoisotopic (exact) mass is 390 g/mol. The van der Waals surface area contributed by atoms with Crippen LogP contribution in [0.25, 0.3) is 11.0 Å². The Kier molecular flexibility index (Phi) is 5.38. The molecule has 5 heteroatoms. The Bertz CT molecular complexity index is 1010. The van der Waals surface area contributed by atoms with E-state index in [-0.39, 0.29) is 11.8 Å². The lowest BCUT2D eigenvalue weighted by atomic mass is 9.96. The Morgan fingerprint density at radius 3 is 2.55 bits per heavy atom. The lowest BCUT2D eigenvalue weighted by Gasteiger charge is -2.31. The molecular formula is C24H26N2O3.